The molecule has 1 atom stereocenters. The van der Waals surface area contributed by atoms with E-state index in [2.05, 4.69) is 36.2 Å². The Morgan fingerprint density at radius 2 is 2.24 bits per heavy atom. The second-order valence-corrected chi connectivity index (χ2v) is 5.58. The van der Waals surface area contributed by atoms with Crippen LogP contribution < -0.4 is 0 Å². The third-order valence-corrected chi connectivity index (χ3v) is 4.15. The standard InChI is InChI=1S/C18H20N2O/c1-3-17(21)20-10-8-14-11-13(2)6-7-16(14)18(20)15-5-4-9-19-12-15/h4-7,9,11-12,18H,3,8,10H2,1-2H3. The molecular formula is C18H20N2O. The zero-order valence-electron chi connectivity index (χ0n) is 12.5. The number of rotatable bonds is 2. The summed E-state index contributed by atoms with van der Waals surface area (Å²) < 4.78 is 0. The molecule has 1 unspecified atom stereocenters. The van der Waals surface area contributed by atoms with E-state index in [0.717, 1.165) is 18.5 Å². The number of fused-ring (bicyclic) bond motifs is 1. The van der Waals surface area contributed by atoms with Crippen molar-refractivity contribution in [3.05, 3.63) is 65.0 Å². The van der Waals surface area contributed by atoms with Gasteiger partial charge in [0, 0.05) is 25.4 Å². The highest BCUT2D eigenvalue weighted by molar-refractivity contribution is 5.77. The largest absolute Gasteiger partial charge is 0.331 e. The number of amides is 1. The number of pyridine rings is 1. The molecule has 3 rings (SSSR count). The summed E-state index contributed by atoms with van der Waals surface area (Å²) in [5.74, 6) is 0.204. The van der Waals surface area contributed by atoms with Crippen LogP contribution in [0, 0.1) is 6.92 Å². The number of hydrogen-bond acceptors (Lipinski definition) is 2. The van der Waals surface area contributed by atoms with Gasteiger partial charge in [0.2, 0.25) is 5.91 Å². The third kappa shape index (κ3) is 2.56. The van der Waals surface area contributed by atoms with E-state index in [0.29, 0.717) is 6.42 Å². The number of carbonyl (C=O) groups excluding carboxylic acids is 1. The van der Waals surface area contributed by atoms with Crippen molar-refractivity contribution in [3.8, 4) is 0 Å². The summed E-state index contributed by atoms with van der Waals surface area (Å²) in [6.07, 6.45) is 5.11. The summed E-state index contributed by atoms with van der Waals surface area (Å²) in [4.78, 5) is 18.6. The molecule has 0 radical (unpaired) electrons. The fourth-order valence-electron chi connectivity index (χ4n) is 3.12. The van der Waals surface area contributed by atoms with Gasteiger partial charge in [0.05, 0.1) is 6.04 Å². The molecule has 0 N–H and O–H groups in total. The Morgan fingerprint density at radius 1 is 1.38 bits per heavy atom. The molecule has 1 aromatic carbocycles. The summed E-state index contributed by atoms with van der Waals surface area (Å²) in [5, 5.41) is 0. The van der Waals surface area contributed by atoms with Gasteiger partial charge in [-0.2, -0.15) is 0 Å². The van der Waals surface area contributed by atoms with E-state index in [1.807, 2.05) is 24.1 Å². The highest BCUT2D eigenvalue weighted by Crippen LogP contribution is 2.35. The van der Waals surface area contributed by atoms with Gasteiger partial charge in [0.15, 0.2) is 0 Å². The van der Waals surface area contributed by atoms with E-state index in [4.69, 9.17) is 0 Å². The minimum atomic E-state index is -0.00417. The Labute approximate surface area is 125 Å². The summed E-state index contributed by atoms with van der Waals surface area (Å²) >= 11 is 0. The smallest absolute Gasteiger partial charge is 0.223 e. The summed E-state index contributed by atoms with van der Waals surface area (Å²) in [7, 11) is 0. The van der Waals surface area contributed by atoms with Crippen LogP contribution in [0.1, 0.15) is 41.6 Å². The van der Waals surface area contributed by atoms with Gasteiger partial charge >= 0.3 is 0 Å². The lowest BCUT2D eigenvalue weighted by molar-refractivity contribution is -0.132. The van der Waals surface area contributed by atoms with Crippen LogP contribution in [0.4, 0.5) is 0 Å². The Hall–Kier alpha value is -2.16. The molecule has 2 heterocycles. The zero-order valence-corrected chi connectivity index (χ0v) is 12.5. The van der Waals surface area contributed by atoms with Crippen LogP contribution in [-0.4, -0.2) is 22.3 Å². The van der Waals surface area contributed by atoms with Gasteiger partial charge in [-0.1, -0.05) is 36.8 Å². The van der Waals surface area contributed by atoms with E-state index in [9.17, 15) is 4.79 Å². The predicted octanol–water partition coefficient (Wildman–Crippen LogP) is 3.27. The van der Waals surface area contributed by atoms with Crippen molar-refractivity contribution in [1.82, 2.24) is 9.88 Å². The van der Waals surface area contributed by atoms with E-state index in [1.165, 1.54) is 16.7 Å². The Morgan fingerprint density at radius 3 is 2.95 bits per heavy atom. The second-order valence-electron chi connectivity index (χ2n) is 5.58. The van der Waals surface area contributed by atoms with E-state index < -0.39 is 0 Å². The first-order valence-corrected chi connectivity index (χ1v) is 7.49. The molecule has 1 aromatic heterocycles. The average molecular weight is 280 g/mol. The van der Waals surface area contributed by atoms with Gasteiger partial charge in [-0.25, -0.2) is 0 Å². The van der Waals surface area contributed by atoms with Gasteiger partial charge in [0.25, 0.3) is 0 Å². The quantitative estimate of drug-likeness (QED) is 0.846. The fourth-order valence-corrected chi connectivity index (χ4v) is 3.12. The van der Waals surface area contributed by atoms with Gasteiger partial charge in [0.1, 0.15) is 0 Å². The van der Waals surface area contributed by atoms with Gasteiger partial charge in [-0.3, -0.25) is 9.78 Å². The summed E-state index contributed by atoms with van der Waals surface area (Å²) in [5.41, 5.74) is 4.95. The van der Waals surface area contributed by atoms with Crippen LogP contribution >= 0.6 is 0 Å². The first-order valence-electron chi connectivity index (χ1n) is 7.49. The molecule has 0 saturated heterocycles. The molecule has 0 fully saturated rings. The van der Waals surface area contributed by atoms with Crippen LogP contribution in [0.5, 0.6) is 0 Å². The van der Waals surface area contributed by atoms with Crippen molar-refractivity contribution in [2.75, 3.05) is 6.54 Å². The monoisotopic (exact) mass is 280 g/mol. The number of aromatic nitrogens is 1. The SMILES string of the molecule is CCC(=O)N1CCc2cc(C)ccc2C1c1cccnc1. The van der Waals surface area contributed by atoms with Crippen molar-refractivity contribution in [3.63, 3.8) is 0 Å². The highest BCUT2D eigenvalue weighted by atomic mass is 16.2. The maximum Gasteiger partial charge on any atom is 0.223 e. The molecule has 21 heavy (non-hydrogen) atoms. The van der Waals surface area contributed by atoms with Gasteiger partial charge in [-0.05, 0) is 36.1 Å². The lowest BCUT2D eigenvalue weighted by Gasteiger charge is -2.37. The molecule has 1 aliphatic rings. The normalized spacial score (nSPS) is 17.4. The summed E-state index contributed by atoms with van der Waals surface area (Å²) in [6, 6.07) is 10.5. The van der Waals surface area contributed by atoms with Crippen molar-refractivity contribution in [1.29, 1.82) is 0 Å². The molecule has 0 bridgehead atoms. The minimum Gasteiger partial charge on any atom is -0.331 e. The minimum absolute atomic E-state index is 0.00417. The maximum absolute atomic E-state index is 12.3. The van der Waals surface area contributed by atoms with E-state index in [-0.39, 0.29) is 11.9 Å². The highest BCUT2D eigenvalue weighted by Gasteiger charge is 2.31. The zero-order chi connectivity index (χ0) is 14.8. The summed E-state index contributed by atoms with van der Waals surface area (Å²) in [6.45, 7) is 4.82. The van der Waals surface area contributed by atoms with Gasteiger partial charge < -0.3 is 4.90 Å². The first kappa shape index (κ1) is 13.8. The lowest BCUT2D eigenvalue weighted by atomic mass is 9.87. The van der Waals surface area contributed by atoms with Crippen LogP contribution in [0.15, 0.2) is 42.7 Å². The second kappa shape index (κ2) is 5.68. The number of hydrogen-bond donors (Lipinski definition) is 0. The lowest BCUT2D eigenvalue weighted by Crippen LogP contribution is -2.40. The molecule has 3 heteroatoms. The number of nitrogens with zero attached hydrogens (tertiary/aromatic N) is 2. The molecule has 0 spiro atoms. The van der Waals surface area contributed by atoms with Crippen LogP contribution in [0.2, 0.25) is 0 Å². The van der Waals surface area contributed by atoms with Crippen LogP contribution in [0.3, 0.4) is 0 Å². The molecule has 108 valence electrons. The van der Waals surface area contributed by atoms with Crippen LogP contribution in [-0.2, 0) is 11.2 Å². The van der Waals surface area contributed by atoms with Crippen molar-refractivity contribution in [2.24, 2.45) is 0 Å². The van der Waals surface area contributed by atoms with Crippen molar-refractivity contribution in [2.45, 2.75) is 32.7 Å². The van der Waals surface area contributed by atoms with Crippen molar-refractivity contribution >= 4 is 5.91 Å². The molecular weight excluding hydrogens is 260 g/mol. The third-order valence-electron chi connectivity index (χ3n) is 4.15. The van der Waals surface area contributed by atoms with E-state index >= 15 is 0 Å². The molecule has 0 saturated carbocycles. The molecule has 1 amide bonds. The first-order chi connectivity index (χ1) is 10.2. The van der Waals surface area contributed by atoms with Crippen LogP contribution in [0.25, 0.3) is 0 Å². The number of aryl methyl sites for hydroxylation is 1. The number of carbonyl (C=O) groups is 1. The molecule has 1 aliphatic heterocycles. The van der Waals surface area contributed by atoms with E-state index in [1.54, 1.807) is 6.20 Å². The topological polar surface area (TPSA) is 33.2 Å². The number of benzene rings is 1. The Bertz CT molecular complexity index is 652. The Kier molecular flexibility index (Phi) is 3.74. The molecule has 3 nitrogen and oxygen atoms in total. The Balaban J connectivity index is 2.11. The average Bonchev–Trinajstić information content (AvgIpc) is 2.53. The maximum atomic E-state index is 12.3. The predicted molar refractivity (Wildman–Crippen MR) is 83.0 cm³/mol. The molecule has 2 aromatic rings. The fraction of sp³-hybridized carbons (Fsp3) is 0.333. The van der Waals surface area contributed by atoms with Gasteiger partial charge in [-0.15, -0.1) is 0 Å². The van der Waals surface area contributed by atoms with Crippen molar-refractivity contribution < 1.29 is 4.79 Å². The molecule has 0 aliphatic carbocycles.